The topological polar surface area (TPSA) is 33.1 Å². The zero-order chi connectivity index (χ0) is 10.7. The molecule has 0 unspecified atom stereocenters. The molecule has 0 bridgehead atoms. The normalized spacial score (nSPS) is 10.3. The Morgan fingerprint density at radius 3 is 2.33 bits per heavy atom. The van der Waals surface area contributed by atoms with Crippen molar-refractivity contribution in [2.24, 2.45) is 0 Å². The van der Waals surface area contributed by atoms with Crippen molar-refractivity contribution in [3.8, 4) is 11.3 Å². The molecule has 0 amide bonds. The molecule has 0 aliphatic carbocycles. The largest absolute Gasteiger partial charge is 0.392 e. The van der Waals surface area contributed by atoms with Crippen molar-refractivity contribution in [1.82, 2.24) is 4.98 Å². The minimum absolute atomic E-state index is 0.0849. The summed E-state index contributed by atoms with van der Waals surface area (Å²) in [4.78, 5) is 4.34. The van der Waals surface area contributed by atoms with E-state index in [2.05, 4.69) is 4.98 Å². The predicted octanol–water partition coefficient (Wildman–Crippen LogP) is 2.55. The fourth-order valence-electron chi connectivity index (χ4n) is 1.42. The summed E-state index contributed by atoms with van der Waals surface area (Å²) >= 11 is 0. The van der Waals surface area contributed by atoms with Crippen molar-refractivity contribution in [3.05, 3.63) is 53.7 Å². The summed E-state index contributed by atoms with van der Waals surface area (Å²) in [6.07, 6.45) is 1.86. The van der Waals surface area contributed by atoms with Gasteiger partial charge in [-0.2, -0.15) is 0 Å². The fraction of sp³-hybridized carbons (Fsp3) is 0.154. The highest BCUT2D eigenvalue weighted by atomic mass is 16.3. The molecule has 0 spiro atoms. The number of aliphatic hydroxyl groups is 1. The number of pyridine rings is 1. The van der Waals surface area contributed by atoms with Crippen LogP contribution < -0.4 is 0 Å². The van der Waals surface area contributed by atoms with Gasteiger partial charge in [0.25, 0.3) is 0 Å². The van der Waals surface area contributed by atoms with Gasteiger partial charge in [-0.1, -0.05) is 30.3 Å². The number of nitrogens with zero attached hydrogens (tertiary/aromatic N) is 1. The highest BCUT2D eigenvalue weighted by molar-refractivity contribution is 5.59. The van der Waals surface area contributed by atoms with Gasteiger partial charge in [0.05, 0.1) is 12.3 Å². The van der Waals surface area contributed by atoms with Crippen LogP contribution in [0.4, 0.5) is 0 Å². The van der Waals surface area contributed by atoms with E-state index in [4.69, 9.17) is 5.11 Å². The van der Waals surface area contributed by atoms with Crippen LogP contribution in [0.25, 0.3) is 11.3 Å². The molecule has 2 nitrogen and oxygen atoms in total. The molecule has 0 saturated heterocycles. The third-order valence-corrected chi connectivity index (χ3v) is 2.34. The molecular formula is C13H13NO. The van der Waals surface area contributed by atoms with E-state index in [0.29, 0.717) is 0 Å². The maximum atomic E-state index is 8.92. The van der Waals surface area contributed by atoms with Crippen molar-refractivity contribution < 1.29 is 5.11 Å². The first-order valence-corrected chi connectivity index (χ1v) is 4.92. The minimum atomic E-state index is 0.0849. The van der Waals surface area contributed by atoms with Gasteiger partial charge < -0.3 is 5.11 Å². The van der Waals surface area contributed by atoms with Crippen LogP contribution in [0.1, 0.15) is 11.1 Å². The van der Waals surface area contributed by atoms with Crippen LogP contribution in [0.15, 0.2) is 42.6 Å². The van der Waals surface area contributed by atoms with Gasteiger partial charge in [-0.15, -0.1) is 0 Å². The van der Waals surface area contributed by atoms with Gasteiger partial charge in [0.15, 0.2) is 0 Å². The van der Waals surface area contributed by atoms with E-state index in [1.165, 1.54) is 0 Å². The van der Waals surface area contributed by atoms with Crippen LogP contribution in [0.5, 0.6) is 0 Å². The van der Waals surface area contributed by atoms with Gasteiger partial charge in [-0.25, -0.2) is 0 Å². The van der Waals surface area contributed by atoms with E-state index in [1.807, 2.05) is 49.5 Å². The average Bonchev–Trinajstić information content (AvgIpc) is 2.30. The summed E-state index contributed by atoms with van der Waals surface area (Å²) in [6.45, 7) is 2.10. The summed E-state index contributed by atoms with van der Waals surface area (Å²) in [7, 11) is 0. The number of aryl methyl sites for hydroxylation is 1. The van der Waals surface area contributed by atoms with Crippen molar-refractivity contribution in [1.29, 1.82) is 0 Å². The average molecular weight is 199 g/mol. The number of hydrogen-bond acceptors (Lipinski definition) is 2. The third kappa shape index (κ3) is 2.22. The Labute approximate surface area is 89.2 Å². The highest BCUT2D eigenvalue weighted by Gasteiger charge is 1.98. The standard InChI is InChI=1S/C13H13NO/c1-10-2-7-13(14-8-10)12-5-3-11(9-15)4-6-12/h2-8,15H,9H2,1H3. The molecule has 0 saturated carbocycles. The lowest BCUT2D eigenvalue weighted by Crippen LogP contribution is -1.86. The summed E-state index contributed by atoms with van der Waals surface area (Å²) in [5.41, 5.74) is 4.12. The molecule has 1 aromatic carbocycles. The molecule has 2 heteroatoms. The fourth-order valence-corrected chi connectivity index (χ4v) is 1.42. The van der Waals surface area contributed by atoms with Crippen LogP contribution in [0.2, 0.25) is 0 Å². The maximum absolute atomic E-state index is 8.92. The number of aliphatic hydroxyl groups excluding tert-OH is 1. The molecule has 1 N–H and O–H groups in total. The van der Waals surface area contributed by atoms with E-state index < -0.39 is 0 Å². The van der Waals surface area contributed by atoms with Crippen molar-refractivity contribution in [3.63, 3.8) is 0 Å². The molecule has 0 aliphatic rings. The Kier molecular flexibility index (Phi) is 2.79. The molecule has 0 radical (unpaired) electrons. The second-order valence-corrected chi connectivity index (χ2v) is 3.58. The van der Waals surface area contributed by atoms with Crippen molar-refractivity contribution in [2.75, 3.05) is 0 Å². The Balaban J connectivity index is 2.33. The first-order chi connectivity index (χ1) is 7.29. The lowest BCUT2D eigenvalue weighted by Gasteiger charge is -2.02. The number of aromatic nitrogens is 1. The predicted molar refractivity (Wildman–Crippen MR) is 60.3 cm³/mol. The second-order valence-electron chi connectivity index (χ2n) is 3.58. The smallest absolute Gasteiger partial charge is 0.0702 e. The number of rotatable bonds is 2. The zero-order valence-electron chi connectivity index (χ0n) is 8.64. The van der Waals surface area contributed by atoms with E-state index in [-0.39, 0.29) is 6.61 Å². The monoisotopic (exact) mass is 199 g/mol. The molecule has 15 heavy (non-hydrogen) atoms. The molecular weight excluding hydrogens is 186 g/mol. The number of benzene rings is 1. The van der Waals surface area contributed by atoms with E-state index in [9.17, 15) is 0 Å². The Morgan fingerprint density at radius 2 is 1.80 bits per heavy atom. The van der Waals surface area contributed by atoms with Crippen LogP contribution in [-0.2, 0) is 6.61 Å². The quantitative estimate of drug-likeness (QED) is 0.806. The summed E-state index contributed by atoms with van der Waals surface area (Å²) in [5, 5.41) is 8.92. The molecule has 2 rings (SSSR count). The van der Waals surface area contributed by atoms with Gasteiger partial charge in [0.2, 0.25) is 0 Å². The molecule has 0 fully saturated rings. The van der Waals surface area contributed by atoms with Crippen molar-refractivity contribution in [2.45, 2.75) is 13.5 Å². The van der Waals surface area contributed by atoms with E-state index in [1.54, 1.807) is 0 Å². The molecule has 2 aromatic rings. The summed E-state index contributed by atoms with van der Waals surface area (Å²) < 4.78 is 0. The first kappa shape index (κ1) is 9.87. The molecule has 76 valence electrons. The third-order valence-electron chi connectivity index (χ3n) is 2.34. The Hall–Kier alpha value is -1.67. The first-order valence-electron chi connectivity index (χ1n) is 4.92. The van der Waals surface area contributed by atoms with E-state index >= 15 is 0 Å². The molecule has 1 aromatic heterocycles. The minimum Gasteiger partial charge on any atom is -0.392 e. The molecule has 0 atom stereocenters. The lowest BCUT2D eigenvalue weighted by molar-refractivity contribution is 0.282. The van der Waals surface area contributed by atoms with Crippen LogP contribution in [-0.4, -0.2) is 10.1 Å². The van der Waals surface area contributed by atoms with Gasteiger partial charge in [-0.05, 0) is 24.1 Å². The van der Waals surface area contributed by atoms with Crippen LogP contribution in [0.3, 0.4) is 0 Å². The van der Waals surface area contributed by atoms with Gasteiger partial charge in [0, 0.05) is 11.8 Å². The molecule has 1 heterocycles. The van der Waals surface area contributed by atoms with Crippen molar-refractivity contribution >= 4 is 0 Å². The zero-order valence-corrected chi connectivity index (χ0v) is 8.64. The number of hydrogen-bond donors (Lipinski definition) is 1. The Bertz CT molecular complexity index is 431. The highest BCUT2D eigenvalue weighted by Crippen LogP contribution is 2.17. The van der Waals surface area contributed by atoms with Gasteiger partial charge >= 0.3 is 0 Å². The SMILES string of the molecule is Cc1ccc(-c2ccc(CO)cc2)nc1. The summed E-state index contributed by atoms with van der Waals surface area (Å²) in [6, 6.07) is 11.8. The van der Waals surface area contributed by atoms with E-state index in [0.717, 1.165) is 22.4 Å². The second kappa shape index (κ2) is 4.24. The molecule has 0 aliphatic heterocycles. The maximum Gasteiger partial charge on any atom is 0.0702 e. The van der Waals surface area contributed by atoms with Gasteiger partial charge in [-0.3, -0.25) is 4.98 Å². The van der Waals surface area contributed by atoms with Gasteiger partial charge in [0.1, 0.15) is 0 Å². The van der Waals surface area contributed by atoms with Crippen LogP contribution >= 0.6 is 0 Å². The lowest BCUT2D eigenvalue weighted by atomic mass is 10.1. The Morgan fingerprint density at radius 1 is 1.07 bits per heavy atom. The summed E-state index contributed by atoms with van der Waals surface area (Å²) in [5.74, 6) is 0. The van der Waals surface area contributed by atoms with Crippen LogP contribution in [0, 0.1) is 6.92 Å².